The van der Waals surface area contributed by atoms with Gasteiger partial charge >= 0.3 is 0 Å². The first-order valence-corrected chi connectivity index (χ1v) is 22.3. The summed E-state index contributed by atoms with van der Waals surface area (Å²) in [4.78, 5) is 0. The first kappa shape index (κ1) is 34.9. The van der Waals surface area contributed by atoms with Crippen molar-refractivity contribution >= 4 is 0 Å². The molecule has 0 aliphatic heterocycles. The van der Waals surface area contributed by atoms with Gasteiger partial charge in [0.05, 0.1) is 10.8 Å². The predicted octanol–water partition coefficient (Wildman–Crippen LogP) is 15.3. The molecule has 4 aliphatic rings. The first-order chi connectivity index (χ1) is 31.2. The highest BCUT2D eigenvalue weighted by molar-refractivity contribution is 5.97. The highest BCUT2D eigenvalue weighted by Gasteiger charge is 2.53. The third kappa shape index (κ3) is 4.55. The molecule has 0 saturated heterocycles. The van der Waals surface area contributed by atoms with Gasteiger partial charge in [-0.2, -0.15) is 0 Å². The number of hydrogen-bond acceptors (Lipinski definition) is 0. The first-order valence-electron chi connectivity index (χ1n) is 22.3. The summed E-state index contributed by atoms with van der Waals surface area (Å²) in [5, 5.41) is 0. The second-order valence-corrected chi connectivity index (χ2v) is 17.9. The molecule has 0 bridgehead atoms. The van der Waals surface area contributed by atoms with Crippen molar-refractivity contribution in [2.45, 2.75) is 17.3 Å². The highest BCUT2D eigenvalue weighted by atomic mass is 14.5. The maximum Gasteiger partial charge on any atom is 0.0725 e. The molecule has 4 aliphatic carbocycles. The molecule has 0 nitrogen and oxygen atoms in total. The predicted molar refractivity (Wildman–Crippen MR) is 259 cm³/mol. The van der Waals surface area contributed by atoms with Crippen molar-refractivity contribution in [3.63, 3.8) is 0 Å². The van der Waals surface area contributed by atoms with E-state index in [1.165, 1.54) is 122 Å². The van der Waals surface area contributed by atoms with Gasteiger partial charge in [-0.1, -0.05) is 218 Å². The van der Waals surface area contributed by atoms with Crippen molar-refractivity contribution in [1.82, 2.24) is 0 Å². The standard InChI is InChI=1S/C63H40/c1-7-19-54-46(13-1)47-14-2-8-20-55(47)62(54)58-23-11-5-17-50(58)52-35-33-44(38-60(52)62)42-29-25-40(26-30-42)37-41-27-31-43(32-28-41)45-34-36-53-51-18-6-12-24-59(51)63(61(53)39-45)56-21-9-3-15-48(56)49-16-4-10-22-57(49)63/h1-36,38-39H,37H2. The summed E-state index contributed by atoms with van der Waals surface area (Å²) in [7, 11) is 0. The minimum atomic E-state index is -0.333. The van der Waals surface area contributed by atoms with E-state index in [1.807, 2.05) is 0 Å². The maximum absolute atomic E-state index is 2.48. The van der Waals surface area contributed by atoms with E-state index in [-0.39, 0.29) is 10.8 Å². The topological polar surface area (TPSA) is 0 Å². The van der Waals surface area contributed by atoms with Crippen molar-refractivity contribution in [1.29, 1.82) is 0 Å². The molecule has 0 N–H and O–H groups in total. The molecule has 10 aromatic carbocycles. The van der Waals surface area contributed by atoms with Crippen LogP contribution in [0.1, 0.15) is 55.6 Å². The van der Waals surface area contributed by atoms with Crippen molar-refractivity contribution < 1.29 is 0 Å². The maximum atomic E-state index is 2.48. The molecule has 0 radical (unpaired) electrons. The van der Waals surface area contributed by atoms with Gasteiger partial charge in [0, 0.05) is 0 Å². The number of rotatable bonds is 4. The fourth-order valence-corrected chi connectivity index (χ4v) is 12.4. The van der Waals surface area contributed by atoms with Gasteiger partial charge in [0.1, 0.15) is 0 Å². The van der Waals surface area contributed by atoms with Crippen molar-refractivity contribution in [3.8, 4) is 66.8 Å². The number of benzene rings is 10. The van der Waals surface area contributed by atoms with Gasteiger partial charge in [0.15, 0.2) is 0 Å². The summed E-state index contributed by atoms with van der Waals surface area (Å²) in [5.41, 5.74) is 28.7. The quantitative estimate of drug-likeness (QED) is 0.166. The summed E-state index contributed by atoms with van der Waals surface area (Å²) in [6.45, 7) is 0. The van der Waals surface area contributed by atoms with Crippen LogP contribution in [-0.2, 0) is 17.3 Å². The van der Waals surface area contributed by atoms with Gasteiger partial charge in [0.2, 0.25) is 0 Å². The summed E-state index contributed by atoms with van der Waals surface area (Å²) in [6.07, 6.45) is 0.882. The molecule has 0 fully saturated rings. The molecule has 0 saturated carbocycles. The Morgan fingerprint density at radius 3 is 0.730 bits per heavy atom. The molecule has 14 rings (SSSR count). The fourth-order valence-electron chi connectivity index (χ4n) is 12.4. The minimum absolute atomic E-state index is 0.333. The summed E-state index contributed by atoms with van der Waals surface area (Å²) in [6, 6.07) is 87.1. The lowest BCUT2D eigenvalue weighted by Crippen LogP contribution is -2.25. The van der Waals surface area contributed by atoms with Crippen LogP contribution in [0.2, 0.25) is 0 Å². The van der Waals surface area contributed by atoms with E-state index < -0.39 is 0 Å². The smallest absolute Gasteiger partial charge is 0.0619 e. The zero-order valence-corrected chi connectivity index (χ0v) is 34.6. The van der Waals surface area contributed by atoms with Gasteiger partial charge in [-0.05, 0) is 141 Å². The lowest BCUT2D eigenvalue weighted by Gasteiger charge is -2.30. The minimum Gasteiger partial charge on any atom is -0.0619 e. The molecule has 0 atom stereocenters. The Bertz CT molecular complexity index is 3160. The van der Waals surface area contributed by atoms with E-state index in [4.69, 9.17) is 0 Å². The zero-order chi connectivity index (χ0) is 41.3. The molecule has 2 spiro atoms. The van der Waals surface area contributed by atoms with Gasteiger partial charge in [-0.15, -0.1) is 0 Å². The van der Waals surface area contributed by atoms with Crippen LogP contribution in [0.25, 0.3) is 66.8 Å². The molecule has 0 heteroatoms. The lowest BCUT2D eigenvalue weighted by molar-refractivity contribution is 0.794. The Morgan fingerprint density at radius 2 is 0.444 bits per heavy atom. The fraction of sp³-hybridized carbons (Fsp3) is 0.0476. The van der Waals surface area contributed by atoms with Gasteiger partial charge in [-0.3, -0.25) is 0 Å². The lowest BCUT2D eigenvalue weighted by atomic mass is 9.70. The molecule has 0 amide bonds. The van der Waals surface area contributed by atoms with Crippen LogP contribution in [0.15, 0.2) is 231 Å². The number of fused-ring (bicyclic) bond motifs is 20. The second-order valence-electron chi connectivity index (χ2n) is 17.9. The van der Waals surface area contributed by atoms with Crippen molar-refractivity contribution in [3.05, 3.63) is 286 Å². The molecule has 0 heterocycles. The van der Waals surface area contributed by atoms with Crippen LogP contribution in [-0.4, -0.2) is 0 Å². The summed E-state index contributed by atoms with van der Waals surface area (Å²) in [5.74, 6) is 0. The van der Waals surface area contributed by atoms with Crippen LogP contribution < -0.4 is 0 Å². The molecular formula is C63H40. The molecule has 0 aromatic heterocycles. The van der Waals surface area contributed by atoms with Crippen molar-refractivity contribution in [2.75, 3.05) is 0 Å². The van der Waals surface area contributed by atoms with Crippen molar-refractivity contribution in [2.24, 2.45) is 0 Å². The van der Waals surface area contributed by atoms with Gasteiger partial charge < -0.3 is 0 Å². The van der Waals surface area contributed by atoms with E-state index in [2.05, 4.69) is 231 Å². The third-order valence-corrected chi connectivity index (χ3v) is 15.0. The average molecular weight is 797 g/mol. The Hall–Kier alpha value is -7.80. The average Bonchev–Trinajstić information content (AvgIpc) is 4.03. The van der Waals surface area contributed by atoms with Gasteiger partial charge in [-0.25, -0.2) is 0 Å². The molecule has 10 aromatic rings. The monoisotopic (exact) mass is 796 g/mol. The SMILES string of the molecule is c1ccc2c(c1)-c1ccccc1C21c2ccccc2-c2ccc(-c3ccc(Cc4ccc(-c5ccc6c(c5)C5(c7ccccc7-c7ccccc75)c5ccccc5-6)cc4)cc3)cc21. The van der Waals surface area contributed by atoms with E-state index in [1.54, 1.807) is 0 Å². The van der Waals surface area contributed by atoms with Crippen LogP contribution in [0.4, 0.5) is 0 Å². The molecular weight excluding hydrogens is 757 g/mol. The van der Waals surface area contributed by atoms with E-state index in [9.17, 15) is 0 Å². The second kappa shape index (κ2) is 12.9. The summed E-state index contributed by atoms with van der Waals surface area (Å²) < 4.78 is 0. The van der Waals surface area contributed by atoms with Gasteiger partial charge in [0.25, 0.3) is 0 Å². The highest BCUT2D eigenvalue weighted by Crippen LogP contribution is 2.64. The van der Waals surface area contributed by atoms with Crippen LogP contribution in [0, 0.1) is 0 Å². The largest absolute Gasteiger partial charge is 0.0725 e. The Kier molecular flexibility index (Phi) is 7.12. The zero-order valence-electron chi connectivity index (χ0n) is 34.6. The normalized spacial score (nSPS) is 14.3. The molecule has 0 unspecified atom stereocenters. The molecule has 63 heavy (non-hydrogen) atoms. The Balaban J connectivity index is 0.784. The number of hydrogen-bond donors (Lipinski definition) is 0. The molecule has 292 valence electrons. The van der Waals surface area contributed by atoms with Crippen LogP contribution in [0.3, 0.4) is 0 Å². The van der Waals surface area contributed by atoms with E-state index in [0.29, 0.717) is 0 Å². The van der Waals surface area contributed by atoms with E-state index >= 15 is 0 Å². The Labute approximate surface area is 368 Å². The van der Waals surface area contributed by atoms with E-state index in [0.717, 1.165) is 6.42 Å². The summed E-state index contributed by atoms with van der Waals surface area (Å²) >= 11 is 0. The Morgan fingerprint density at radius 1 is 0.206 bits per heavy atom. The third-order valence-electron chi connectivity index (χ3n) is 15.0. The van der Waals surface area contributed by atoms with Crippen LogP contribution in [0.5, 0.6) is 0 Å². The van der Waals surface area contributed by atoms with Crippen LogP contribution >= 0.6 is 0 Å².